The molecule has 0 aliphatic carbocycles. The third-order valence-corrected chi connectivity index (χ3v) is 4.72. The molecule has 0 atom stereocenters. The van der Waals surface area contributed by atoms with Crippen molar-refractivity contribution in [1.29, 1.82) is 0 Å². The van der Waals surface area contributed by atoms with E-state index < -0.39 is 5.97 Å². The number of aromatic amines is 1. The minimum absolute atomic E-state index is 0.0572. The highest BCUT2D eigenvalue weighted by Crippen LogP contribution is 2.24. The maximum absolute atomic E-state index is 12.3. The molecule has 0 unspecified atom stereocenters. The standard InChI is InChI=1S/C18H18N4O4/c1-26-18(25)16-12-5-7-21(8-9-22(12)15(24)10-13(16)23)14-3-2-11-4-6-19-17(11)20-14/h2-4,6,10,23H,5,7-9H2,1H3,(H,19,20). The number of nitrogens with one attached hydrogen (secondary N) is 1. The van der Waals surface area contributed by atoms with Gasteiger partial charge in [0.1, 0.15) is 22.8 Å². The Morgan fingerprint density at radius 1 is 1.27 bits per heavy atom. The number of aromatic nitrogens is 3. The lowest BCUT2D eigenvalue weighted by molar-refractivity contribution is 0.0594. The predicted octanol–water partition coefficient (Wildman–Crippen LogP) is 1.28. The van der Waals surface area contributed by atoms with Gasteiger partial charge < -0.3 is 24.3 Å². The van der Waals surface area contributed by atoms with E-state index in [1.54, 1.807) is 0 Å². The Bertz CT molecular complexity index is 1050. The van der Waals surface area contributed by atoms with Gasteiger partial charge in [-0.15, -0.1) is 0 Å². The van der Waals surface area contributed by atoms with E-state index in [2.05, 4.69) is 14.9 Å². The van der Waals surface area contributed by atoms with Crippen molar-refractivity contribution >= 4 is 22.8 Å². The van der Waals surface area contributed by atoms with Gasteiger partial charge in [-0.3, -0.25) is 4.79 Å². The zero-order valence-electron chi connectivity index (χ0n) is 14.2. The third kappa shape index (κ3) is 2.59. The average Bonchev–Trinajstić information content (AvgIpc) is 2.99. The number of anilines is 1. The Kier molecular flexibility index (Phi) is 3.87. The highest BCUT2D eigenvalue weighted by atomic mass is 16.5. The van der Waals surface area contributed by atoms with Crippen LogP contribution in [-0.2, 0) is 17.7 Å². The second-order valence-electron chi connectivity index (χ2n) is 6.15. The van der Waals surface area contributed by atoms with Crippen LogP contribution in [0.25, 0.3) is 11.0 Å². The molecule has 3 aromatic rings. The molecule has 4 rings (SSSR count). The molecule has 0 saturated carbocycles. The van der Waals surface area contributed by atoms with Gasteiger partial charge in [-0.05, 0) is 18.2 Å². The van der Waals surface area contributed by atoms with E-state index in [0.29, 0.717) is 31.7 Å². The first kappa shape index (κ1) is 16.2. The number of pyridine rings is 2. The molecule has 4 heterocycles. The van der Waals surface area contributed by atoms with Gasteiger partial charge in [0.2, 0.25) is 0 Å². The van der Waals surface area contributed by atoms with Crippen LogP contribution in [0.2, 0.25) is 0 Å². The molecular formula is C18H18N4O4. The van der Waals surface area contributed by atoms with Crippen molar-refractivity contribution in [3.8, 4) is 5.75 Å². The summed E-state index contributed by atoms with van der Waals surface area (Å²) in [5, 5.41) is 11.1. The molecule has 0 aromatic carbocycles. The summed E-state index contributed by atoms with van der Waals surface area (Å²) in [6.45, 7) is 1.52. The Morgan fingerprint density at radius 3 is 2.92 bits per heavy atom. The van der Waals surface area contributed by atoms with Gasteiger partial charge in [-0.1, -0.05) is 0 Å². The topological polar surface area (TPSA) is 100 Å². The maximum atomic E-state index is 12.3. The Labute approximate surface area is 148 Å². The van der Waals surface area contributed by atoms with E-state index in [4.69, 9.17) is 4.74 Å². The SMILES string of the molecule is COC(=O)c1c(O)cc(=O)n2c1CCN(c1ccc3cc[nH]c3n1)CC2. The lowest BCUT2D eigenvalue weighted by Crippen LogP contribution is -2.29. The molecule has 26 heavy (non-hydrogen) atoms. The van der Waals surface area contributed by atoms with Gasteiger partial charge in [-0.2, -0.15) is 0 Å². The summed E-state index contributed by atoms with van der Waals surface area (Å²) in [5.74, 6) is -0.192. The molecular weight excluding hydrogens is 336 g/mol. The number of carbonyl (C=O) groups is 1. The fraction of sp³-hybridized carbons (Fsp3) is 0.278. The molecule has 0 fully saturated rings. The van der Waals surface area contributed by atoms with E-state index in [9.17, 15) is 14.7 Å². The first-order valence-electron chi connectivity index (χ1n) is 8.31. The summed E-state index contributed by atoms with van der Waals surface area (Å²) >= 11 is 0. The molecule has 8 heteroatoms. The summed E-state index contributed by atoms with van der Waals surface area (Å²) in [7, 11) is 1.25. The van der Waals surface area contributed by atoms with Gasteiger partial charge in [0, 0.05) is 49.4 Å². The van der Waals surface area contributed by atoms with Crippen molar-refractivity contribution in [2.75, 3.05) is 25.1 Å². The monoisotopic (exact) mass is 354 g/mol. The number of H-pyrrole nitrogens is 1. The number of hydrogen-bond donors (Lipinski definition) is 2. The first-order valence-corrected chi connectivity index (χ1v) is 8.31. The lowest BCUT2D eigenvalue weighted by Gasteiger charge is -2.20. The van der Waals surface area contributed by atoms with Crippen LogP contribution >= 0.6 is 0 Å². The van der Waals surface area contributed by atoms with Crippen molar-refractivity contribution in [2.24, 2.45) is 0 Å². The van der Waals surface area contributed by atoms with Crippen LogP contribution in [0.15, 0.2) is 35.3 Å². The molecule has 0 saturated heterocycles. The Morgan fingerprint density at radius 2 is 2.12 bits per heavy atom. The number of hydrogen-bond acceptors (Lipinski definition) is 6. The van der Waals surface area contributed by atoms with Crippen LogP contribution in [0, 0.1) is 0 Å². The molecule has 0 radical (unpaired) electrons. The van der Waals surface area contributed by atoms with E-state index in [1.807, 2.05) is 24.4 Å². The average molecular weight is 354 g/mol. The van der Waals surface area contributed by atoms with Gasteiger partial charge in [0.15, 0.2) is 0 Å². The number of carbonyl (C=O) groups excluding carboxylic acids is 1. The summed E-state index contributed by atoms with van der Waals surface area (Å²) in [6, 6.07) is 6.95. The Balaban J connectivity index is 1.71. The van der Waals surface area contributed by atoms with Crippen molar-refractivity contribution < 1.29 is 14.6 Å². The van der Waals surface area contributed by atoms with Crippen molar-refractivity contribution in [1.82, 2.24) is 14.5 Å². The smallest absolute Gasteiger partial charge is 0.343 e. The number of aromatic hydroxyl groups is 1. The van der Waals surface area contributed by atoms with E-state index in [-0.39, 0.29) is 16.9 Å². The minimum atomic E-state index is -0.648. The Hall–Kier alpha value is -3.29. The lowest BCUT2D eigenvalue weighted by atomic mass is 10.1. The number of nitrogens with zero attached hydrogens (tertiary/aromatic N) is 3. The van der Waals surface area contributed by atoms with Crippen LogP contribution in [0.4, 0.5) is 5.82 Å². The second kappa shape index (κ2) is 6.21. The predicted molar refractivity (Wildman–Crippen MR) is 95.7 cm³/mol. The zero-order chi connectivity index (χ0) is 18.3. The summed E-state index contributed by atoms with van der Waals surface area (Å²) < 4.78 is 6.30. The fourth-order valence-electron chi connectivity index (χ4n) is 3.41. The highest BCUT2D eigenvalue weighted by Gasteiger charge is 2.25. The largest absolute Gasteiger partial charge is 0.507 e. The normalized spacial score (nSPS) is 14.1. The number of methoxy groups -OCH3 is 1. The molecule has 2 N–H and O–H groups in total. The quantitative estimate of drug-likeness (QED) is 0.673. The van der Waals surface area contributed by atoms with Crippen LogP contribution in [-0.4, -0.2) is 45.8 Å². The molecule has 0 spiro atoms. The fourth-order valence-corrected chi connectivity index (χ4v) is 3.41. The first-order chi connectivity index (χ1) is 12.6. The van der Waals surface area contributed by atoms with E-state index >= 15 is 0 Å². The number of rotatable bonds is 2. The number of fused-ring (bicyclic) bond motifs is 2. The third-order valence-electron chi connectivity index (χ3n) is 4.72. The van der Waals surface area contributed by atoms with Gasteiger partial charge in [0.05, 0.1) is 7.11 Å². The van der Waals surface area contributed by atoms with Crippen LogP contribution in [0.5, 0.6) is 5.75 Å². The van der Waals surface area contributed by atoms with Crippen LogP contribution in [0.3, 0.4) is 0 Å². The van der Waals surface area contributed by atoms with Crippen LogP contribution in [0.1, 0.15) is 16.1 Å². The maximum Gasteiger partial charge on any atom is 0.343 e. The number of ether oxygens (including phenoxy) is 1. The summed E-state index contributed by atoms with van der Waals surface area (Å²) in [6.07, 6.45) is 2.25. The van der Waals surface area contributed by atoms with E-state index in [0.717, 1.165) is 22.9 Å². The molecule has 1 aliphatic heterocycles. The second-order valence-corrected chi connectivity index (χ2v) is 6.15. The zero-order valence-corrected chi connectivity index (χ0v) is 14.2. The van der Waals surface area contributed by atoms with E-state index in [1.165, 1.54) is 11.7 Å². The highest BCUT2D eigenvalue weighted by molar-refractivity contribution is 5.93. The van der Waals surface area contributed by atoms with Crippen molar-refractivity contribution in [3.63, 3.8) is 0 Å². The van der Waals surface area contributed by atoms with Gasteiger partial charge in [-0.25, -0.2) is 9.78 Å². The number of esters is 1. The minimum Gasteiger partial charge on any atom is -0.507 e. The molecule has 8 nitrogen and oxygen atoms in total. The molecule has 0 bridgehead atoms. The van der Waals surface area contributed by atoms with Gasteiger partial charge >= 0.3 is 5.97 Å². The molecule has 3 aromatic heterocycles. The molecule has 134 valence electrons. The summed E-state index contributed by atoms with van der Waals surface area (Å²) in [4.78, 5) is 34.1. The molecule has 1 aliphatic rings. The van der Waals surface area contributed by atoms with Crippen molar-refractivity contribution in [3.05, 3.63) is 52.1 Å². The van der Waals surface area contributed by atoms with Crippen LogP contribution < -0.4 is 10.5 Å². The molecule has 0 amide bonds. The van der Waals surface area contributed by atoms with Crippen molar-refractivity contribution in [2.45, 2.75) is 13.0 Å². The summed E-state index contributed by atoms with van der Waals surface area (Å²) in [5.41, 5.74) is 1.01. The van der Waals surface area contributed by atoms with Gasteiger partial charge in [0.25, 0.3) is 5.56 Å².